The van der Waals surface area contributed by atoms with E-state index in [-0.39, 0.29) is 0 Å². The molecule has 5 rings (SSSR count). The largest absolute Gasteiger partial charge is 0.353 e. The van der Waals surface area contributed by atoms with Gasteiger partial charge >= 0.3 is 0 Å². The molecule has 0 aliphatic rings. The zero-order valence-electron chi connectivity index (χ0n) is 13.7. The zero-order chi connectivity index (χ0) is 16.6. The first-order valence-electron chi connectivity index (χ1n) is 8.56. The van der Waals surface area contributed by atoms with Gasteiger partial charge in [-0.25, -0.2) is 0 Å². The van der Waals surface area contributed by atoms with Crippen LogP contribution in [0.1, 0.15) is 0 Å². The van der Waals surface area contributed by atoms with Crippen LogP contribution in [0.5, 0.6) is 0 Å². The van der Waals surface area contributed by atoms with Crippen molar-refractivity contribution in [3.8, 4) is 22.3 Å². The van der Waals surface area contributed by atoms with Gasteiger partial charge in [-0.3, -0.25) is 0 Å². The lowest BCUT2D eigenvalue weighted by atomic mass is 10.0. The molecule has 0 saturated carbocycles. The van der Waals surface area contributed by atoms with E-state index < -0.39 is 0 Å². The van der Waals surface area contributed by atoms with E-state index in [2.05, 4.69) is 102 Å². The maximum absolute atomic E-state index is 3.71. The summed E-state index contributed by atoms with van der Waals surface area (Å²) in [6.45, 7) is 0. The number of H-pyrrole nitrogens is 1. The summed E-state index contributed by atoms with van der Waals surface area (Å²) < 4.78 is 0. The normalized spacial score (nSPS) is 11.2. The number of rotatable bonds is 2. The van der Waals surface area contributed by atoms with Crippen molar-refractivity contribution < 1.29 is 0 Å². The molecule has 0 amide bonds. The van der Waals surface area contributed by atoms with Crippen LogP contribution in [0.25, 0.3) is 44.1 Å². The van der Waals surface area contributed by atoms with Gasteiger partial charge in [0.05, 0.1) is 11.0 Å². The van der Waals surface area contributed by atoms with Crippen molar-refractivity contribution in [1.82, 2.24) is 4.98 Å². The minimum Gasteiger partial charge on any atom is -0.353 e. The molecule has 0 aliphatic carbocycles. The van der Waals surface area contributed by atoms with Gasteiger partial charge in [0.15, 0.2) is 0 Å². The highest BCUT2D eigenvalue weighted by Gasteiger charge is 2.12. The molecule has 0 saturated heterocycles. The van der Waals surface area contributed by atoms with E-state index in [1.165, 1.54) is 44.1 Å². The van der Waals surface area contributed by atoms with Gasteiger partial charge in [-0.1, -0.05) is 97.1 Å². The van der Waals surface area contributed by atoms with Crippen molar-refractivity contribution in [3.05, 3.63) is 97.1 Å². The van der Waals surface area contributed by atoms with Gasteiger partial charge in [0.1, 0.15) is 0 Å². The Hall–Kier alpha value is -3.32. The third-order valence-electron chi connectivity index (χ3n) is 4.84. The first-order valence-corrected chi connectivity index (χ1v) is 8.56. The van der Waals surface area contributed by atoms with E-state index in [0.29, 0.717) is 0 Å². The molecule has 0 unspecified atom stereocenters. The third kappa shape index (κ3) is 2.25. The maximum Gasteiger partial charge on any atom is 0.0544 e. The van der Waals surface area contributed by atoms with Crippen LogP contribution in [0.15, 0.2) is 97.1 Å². The SMILES string of the molecule is c1ccc(-c2cccc3c2[nH]c2c(-c4ccccc4)cccc23)cc1. The Balaban J connectivity index is 1.85. The summed E-state index contributed by atoms with van der Waals surface area (Å²) in [5.41, 5.74) is 7.36. The molecule has 1 aromatic heterocycles. The lowest BCUT2D eigenvalue weighted by molar-refractivity contribution is 1.52. The lowest BCUT2D eigenvalue weighted by Crippen LogP contribution is -1.80. The van der Waals surface area contributed by atoms with Crippen molar-refractivity contribution in [2.24, 2.45) is 0 Å². The number of hydrogen-bond donors (Lipinski definition) is 1. The molecule has 1 heteroatoms. The topological polar surface area (TPSA) is 15.8 Å². The Bertz CT molecular complexity index is 1070. The van der Waals surface area contributed by atoms with Crippen LogP contribution in [-0.2, 0) is 0 Å². The fourth-order valence-corrected chi connectivity index (χ4v) is 3.66. The van der Waals surface area contributed by atoms with Gasteiger partial charge in [0.25, 0.3) is 0 Å². The quantitative estimate of drug-likeness (QED) is 0.374. The first kappa shape index (κ1) is 14.1. The number of fused-ring (bicyclic) bond motifs is 3. The molecule has 0 radical (unpaired) electrons. The molecule has 25 heavy (non-hydrogen) atoms. The van der Waals surface area contributed by atoms with Crippen LogP contribution in [0.3, 0.4) is 0 Å². The van der Waals surface area contributed by atoms with Crippen molar-refractivity contribution in [3.63, 3.8) is 0 Å². The summed E-state index contributed by atoms with van der Waals surface area (Å²) in [5.74, 6) is 0. The lowest BCUT2D eigenvalue weighted by Gasteiger charge is -2.03. The van der Waals surface area contributed by atoms with Crippen LogP contribution in [0.4, 0.5) is 0 Å². The van der Waals surface area contributed by atoms with E-state index in [1.807, 2.05) is 0 Å². The average molecular weight is 319 g/mol. The Morgan fingerprint density at radius 1 is 0.400 bits per heavy atom. The molecule has 5 aromatic rings. The van der Waals surface area contributed by atoms with Gasteiger partial charge < -0.3 is 4.98 Å². The highest BCUT2D eigenvalue weighted by atomic mass is 14.7. The maximum atomic E-state index is 3.71. The second-order valence-corrected chi connectivity index (χ2v) is 6.31. The van der Waals surface area contributed by atoms with Crippen molar-refractivity contribution in [2.45, 2.75) is 0 Å². The molecule has 118 valence electrons. The van der Waals surface area contributed by atoms with Crippen LogP contribution < -0.4 is 0 Å². The smallest absolute Gasteiger partial charge is 0.0544 e. The first-order chi connectivity index (χ1) is 12.4. The highest BCUT2D eigenvalue weighted by Crippen LogP contribution is 2.36. The fraction of sp³-hybridized carbons (Fsp3) is 0. The molecule has 0 bridgehead atoms. The molecule has 1 nitrogen and oxygen atoms in total. The highest BCUT2D eigenvalue weighted by molar-refractivity contribution is 6.15. The standard InChI is InChI=1S/C24H17N/c1-3-9-17(10-4-1)19-13-7-15-21-22-16-8-14-20(24(22)25-23(19)21)18-11-5-2-6-12-18/h1-16,25H. The van der Waals surface area contributed by atoms with E-state index in [1.54, 1.807) is 0 Å². The molecule has 0 aliphatic heterocycles. The average Bonchev–Trinajstić information content (AvgIpc) is 3.08. The van der Waals surface area contributed by atoms with Crippen LogP contribution in [0, 0.1) is 0 Å². The van der Waals surface area contributed by atoms with Crippen LogP contribution in [-0.4, -0.2) is 4.98 Å². The molecule has 0 atom stereocenters. The number of hydrogen-bond acceptors (Lipinski definition) is 0. The second kappa shape index (κ2) is 5.64. The molecule has 1 heterocycles. The van der Waals surface area contributed by atoms with Gasteiger partial charge in [0.2, 0.25) is 0 Å². The van der Waals surface area contributed by atoms with Gasteiger partial charge in [-0.2, -0.15) is 0 Å². The van der Waals surface area contributed by atoms with Gasteiger partial charge in [-0.05, 0) is 11.1 Å². The number of aromatic amines is 1. The van der Waals surface area contributed by atoms with Crippen molar-refractivity contribution >= 4 is 21.8 Å². The molecule has 4 aromatic carbocycles. The Kier molecular flexibility index (Phi) is 3.17. The Labute approximate surface area is 146 Å². The number of nitrogens with one attached hydrogen (secondary N) is 1. The van der Waals surface area contributed by atoms with E-state index in [9.17, 15) is 0 Å². The molecule has 0 spiro atoms. The van der Waals surface area contributed by atoms with Gasteiger partial charge in [0, 0.05) is 21.9 Å². The summed E-state index contributed by atoms with van der Waals surface area (Å²) in [4.78, 5) is 3.71. The van der Waals surface area contributed by atoms with E-state index in [4.69, 9.17) is 0 Å². The van der Waals surface area contributed by atoms with Gasteiger partial charge in [-0.15, -0.1) is 0 Å². The molecular weight excluding hydrogens is 302 g/mol. The minimum atomic E-state index is 1.20. The third-order valence-corrected chi connectivity index (χ3v) is 4.84. The molecule has 1 N–H and O–H groups in total. The number of para-hydroxylation sites is 2. The van der Waals surface area contributed by atoms with Crippen molar-refractivity contribution in [2.75, 3.05) is 0 Å². The molecular formula is C24H17N. The number of benzene rings is 4. The predicted molar refractivity (Wildman–Crippen MR) is 107 cm³/mol. The predicted octanol–water partition coefficient (Wildman–Crippen LogP) is 6.66. The van der Waals surface area contributed by atoms with E-state index in [0.717, 1.165) is 0 Å². The summed E-state index contributed by atoms with van der Waals surface area (Å²) >= 11 is 0. The van der Waals surface area contributed by atoms with E-state index >= 15 is 0 Å². The van der Waals surface area contributed by atoms with Crippen LogP contribution in [0.2, 0.25) is 0 Å². The Morgan fingerprint density at radius 3 is 1.28 bits per heavy atom. The number of aromatic nitrogens is 1. The minimum absolute atomic E-state index is 1.20. The van der Waals surface area contributed by atoms with Crippen molar-refractivity contribution in [1.29, 1.82) is 0 Å². The molecule has 0 fully saturated rings. The zero-order valence-corrected chi connectivity index (χ0v) is 13.7. The second-order valence-electron chi connectivity index (χ2n) is 6.31. The monoisotopic (exact) mass is 319 g/mol. The summed E-state index contributed by atoms with van der Waals surface area (Å²) in [7, 11) is 0. The fourth-order valence-electron chi connectivity index (χ4n) is 3.66. The summed E-state index contributed by atoms with van der Waals surface area (Å²) in [6.07, 6.45) is 0. The van der Waals surface area contributed by atoms with Crippen LogP contribution >= 0.6 is 0 Å². The summed E-state index contributed by atoms with van der Waals surface area (Å²) in [6, 6.07) is 34.2. The Morgan fingerprint density at radius 2 is 0.840 bits per heavy atom. The summed E-state index contributed by atoms with van der Waals surface area (Å²) in [5, 5.41) is 2.54.